The lowest BCUT2D eigenvalue weighted by atomic mass is 10.4. The second kappa shape index (κ2) is 5.24. The predicted octanol–water partition coefficient (Wildman–Crippen LogP) is 0.721. The number of anilines is 1. The molecule has 18 heavy (non-hydrogen) atoms. The van der Waals surface area contributed by atoms with Gasteiger partial charge in [-0.1, -0.05) is 0 Å². The minimum atomic E-state index is 0.143. The molecule has 2 aliphatic rings. The Hall–Kier alpha value is -1.14. The molecule has 0 atom stereocenters. The third kappa shape index (κ3) is 3.00. The van der Waals surface area contributed by atoms with Gasteiger partial charge in [-0.3, -0.25) is 4.79 Å². The monoisotopic (exact) mass is 266 g/mol. The molecule has 2 N–H and O–H groups in total. The lowest BCUT2D eigenvalue weighted by Crippen LogP contribution is -2.28. The zero-order chi connectivity index (χ0) is 12.4. The largest absolute Gasteiger partial charge is 0.354 e. The lowest BCUT2D eigenvalue weighted by Gasteiger charge is -2.17. The summed E-state index contributed by atoms with van der Waals surface area (Å²) in [6.07, 6.45) is 5.14. The van der Waals surface area contributed by atoms with Crippen LogP contribution in [0.15, 0.2) is 6.20 Å². The van der Waals surface area contributed by atoms with Crippen molar-refractivity contribution >= 4 is 22.4 Å². The Balaban J connectivity index is 1.58. The topological polar surface area (TPSA) is 57.3 Å². The van der Waals surface area contributed by atoms with Gasteiger partial charge in [0.1, 0.15) is 0 Å². The van der Waals surface area contributed by atoms with Crippen LogP contribution in [0, 0.1) is 0 Å². The molecule has 3 rings (SSSR count). The third-order valence-electron chi connectivity index (χ3n) is 3.27. The van der Waals surface area contributed by atoms with Crippen molar-refractivity contribution in [3.8, 4) is 0 Å². The third-order valence-corrected chi connectivity index (χ3v) is 4.32. The number of nitrogens with one attached hydrogen (secondary N) is 2. The van der Waals surface area contributed by atoms with Gasteiger partial charge in [-0.2, -0.15) is 0 Å². The molecule has 0 bridgehead atoms. The number of carbonyl (C=O) groups is 1. The molecule has 0 spiro atoms. The van der Waals surface area contributed by atoms with Crippen molar-refractivity contribution in [2.24, 2.45) is 0 Å². The molecule has 0 unspecified atom stereocenters. The lowest BCUT2D eigenvalue weighted by molar-refractivity contribution is -0.120. The summed E-state index contributed by atoms with van der Waals surface area (Å²) in [6, 6.07) is 0.732. The highest BCUT2D eigenvalue weighted by Crippen LogP contribution is 2.25. The fourth-order valence-electron chi connectivity index (χ4n) is 2.02. The van der Waals surface area contributed by atoms with Gasteiger partial charge in [0.2, 0.25) is 5.91 Å². The van der Waals surface area contributed by atoms with Crippen LogP contribution in [0.5, 0.6) is 0 Å². The van der Waals surface area contributed by atoms with Crippen LogP contribution in [0.1, 0.15) is 24.1 Å². The van der Waals surface area contributed by atoms with Crippen molar-refractivity contribution in [3.63, 3.8) is 0 Å². The number of nitrogens with zero attached hydrogens (tertiary/aromatic N) is 2. The molecule has 2 fully saturated rings. The summed E-state index contributed by atoms with van der Waals surface area (Å²) in [6.45, 7) is 3.27. The maximum atomic E-state index is 11.3. The van der Waals surface area contributed by atoms with Crippen molar-refractivity contribution in [2.45, 2.75) is 31.8 Å². The SMILES string of the molecule is O=C1CCN(c2ncc(CNC3CC3)s2)CCN1. The van der Waals surface area contributed by atoms with E-state index in [1.165, 1.54) is 17.7 Å². The van der Waals surface area contributed by atoms with Crippen LogP contribution in [0.2, 0.25) is 0 Å². The average Bonchev–Trinajstić information content (AvgIpc) is 3.12. The highest BCUT2D eigenvalue weighted by atomic mass is 32.1. The standard InChI is InChI=1S/C12H18N4OS/c17-11-3-5-16(6-4-13-11)12-15-8-10(18-12)7-14-9-1-2-9/h8-9,14H,1-7H2,(H,13,17). The molecule has 1 saturated carbocycles. The molecule has 1 aromatic heterocycles. The fraction of sp³-hybridized carbons (Fsp3) is 0.667. The number of hydrogen-bond donors (Lipinski definition) is 2. The number of thiazole rings is 1. The smallest absolute Gasteiger partial charge is 0.221 e. The van der Waals surface area contributed by atoms with Crippen molar-refractivity contribution in [3.05, 3.63) is 11.1 Å². The van der Waals surface area contributed by atoms with E-state index in [0.717, 1.165) is 30.8 Å². The molecular weight excluding hydrogens is 248 g/mol. The molecule has 1 aliphatic carbocycles. The predicted molar refractivity (Wildman–Crippen MR) is 71.8 cm³/mol. The van der Waals surface area contributed by atoms with Crippen LogP contribution in [-0.4, -0.2) is 36.6 Å². The first-order valence-electron chi connectivity index (χ1n) is 6.51. The zero-order valence-electron chi connectivity index (χ0n) is 10.3. The Morgan fingerprint density at radius 2 is 2.39 bits per heavy atom. The summed E-state index contributed by atoms with van der Waals surface area (Å²) < 4.78 is 0. The fourth-order valence-corrected chi connectivity index (χ4v) is 2.93. The summed E-state index contributed by atoms with van der Waals surface area (Å²) >= 11 is 1.73. The van der Waals surface area contributed by atoms with E-state index in [0.29, 0.717) is 13.0 Å². The van der Waals surface area contributed by atoms with Crippen LogP contribution in [0.25, 0.3) is 0 Å². The van der Waals surface area contributed by atoms with Crippen LogP contribution >= 0.6 is 11.3 Å². The zero-order valence-corrected chi connectivity index (χ0v) is 11.1. The molecule has 1 saturated heterocycles. The molecule has 0 aromatic carbocycles. The van der Waals surface area contributed by atoms with E-state index in [4.69, 9.17) is 0 Å². The highest BCUT2D eigenvalue weighted by molar-refractivity contribution is 7.15. The van der Waals surface area contributed by atoms with E-state index < -0.39 is 0 Å². The molecule has 0 radical (unpaired) electrons. The molecule has 5 nitrogen and oxygen atoms in total. The number of aromatic nitrogens is 1. The normalized spacial score (nSPS) is 20.7. The van der Waals surface area contributed by atoms with Gasteiger partial charge in [0.05, 0.1) is 0 Å². The van der Waals surface area contributed by atoms with Crippen molar-refractivity contribution in [2.75, 3.05) is 24.5 Å². The number of carbonyl (C=O) groups excluding carboxylic acids is 1. The second-order valence-electron chi connectivity index (χ2n) is 4.85. The summed E-state index contributed by atoms with van der Waals surface area (Å²) in [4.78, 5) is 19.2. The first-order valence-corrected chi connectivity index (χ1v) is 7.32. The molecule has 6 heteroatoms. The minimum absolute atomic E-state index is 0.143. The number of hydrogen-bond acceptors (Lipinski definition) is 5. The second-order valence-corrected chi connectivity index (χ2v) is 5.94. The van der Waals surface area contributed by atoms with Gasteiger partial charge in [-0.05, 0) is 12.8 Å². The maximum absolute atomic E-state index is 11.3. The van der Waals surface area contributed by atoms with Crippen LogP contribution < -0.4 is 15.5 Å². The van der Waals surface area contributed by atoms with Gasteiger partial charge >= 0.3 is 0 Å². The molecule has 2 heterocycles. The summed E-state index contributed by atoms with van der Waals surface area (Å²) in [7, 11) is 0. The Kier molecular flexibility index (Phi) is 3.47. The summed E-state index contributed by atoms with van der Waals surface area (Å²) in [5.74, 6) is 0.143. The average molecular weight is 266 g/mol. The van der Waals surface area contributed by atoms with Gasteiger partial charge in [0, 0.05) is 49.7 Å². The van der Waals surface area contributed by atoms with Gasteiger partial charge in [-0.15, -0.1) is 11.3 Å². The maximum Gasteiger partial charge on any atom is 0.221 e. The van der Waals surface area contributed by atoms with Crippen molar-refractivity contribution in [1.29, 1.82) is 0 Å². The highest BCUT2D eigenvalue weighted by Gasteiger charge is 2.21. The van der Waals surface area contributed by atoms with E-state index in [9.17, 15) is 4.79 Å². The van der Waals surface area contributed by atoms with Crippen LogP contribution in [0.3, 0.4) is 0 Å². The van der Waals surface area contributed by atoms with E-state index in [1.54, 1.807) is 11.3 Å². The van der Waals surface area contributed by atoms with Crippen molar-refractivity contribution in [1.82, 2.24) is 15.6 Å². The molecule has 1 aliphatic heterocycles. The molecular formula is C12H18N4OS. The van der Waals surface area contributed by atoms with E-state index in [1.807, 2.05) is 6.20 Å². The minimum Gasteiger partial charge on any atom is -0.354 e. The molecule has 1 amide bonds. The van der Waals surface area contributed by atoms with Gasteiger partial charge in [-0.25, -0.2) is 4.98 Å². The molecule has 1 aromatic rings. The number of amides is 1. The Bertz CT molecular complexity index is 429. The quantitative estimate of drug-likeness (QED) is 0.843. The van der Waals surface area contributed by atoms with E-state index in [2.05, 4.69) is 20.5 Å². The van der Waals surface area contributed by atoms with Crippen molar-refractivity contribution < 1.29 is 4.79 Å². The van der Waals surface area contributed by atoms with Gasteiger partial charge in [0.25, 0.3) is 0 Å². The summed E-state index contributed by atoms with van der Waals surface area (Å²) in [5.41, 5.74) is 0. The Labute approximate surface area is 111 Å². The van der Waals surface area contributed by atoms with Gasteiger partial charge in [0.15, 0.2) is 5.13 Å². The van der Waals surface area contributed by atoms with E-state index >= 15 is 0 Å². The Morgan fingerprint density at radius 3 is 3.22 bits per heavy atom. The van der Waals surface area contributed by atoms with Crippen LogP contribution in [0.4, 0.5) is 5.13 Å². The summed E-state index contributed by atoms with van der Waals surface area (Å²) in [5, 5.41) is 7.42. The van der Waals surface area contributed by atoms with Crippen LogP contribution in [-0.2, 0) is 11.3 Å². The first kappa shape index (κ1) is 11.9. The Morgan fingerprint density at radius 1 is 1.50 bits per heavy atom. The first-order chi connectivity index (χ1) is 8.81. The van der Waals surface area contributed by atoms with Gasteiger partial charge < -0.3 is 15.5 Å². The molecule has 98 valence electrons. The number of rotatable bonds is 4. The van der Waals surface area contributed by atoms with E-state index in [-0.39, 0.29) is 5.91 Å².